The fourth-order valence-electron chi connectivity index (χ4n) is 7.47. The molecule has 4 heterocycles. The third kappa shape index (κ3) is 10.2. The fourth-order valence-corrected chi connectivity index (χ4v) is 7.47. The highest BCUT2D eigenvalue weighted by atomic mass is 19.4. The van der Waals surface area contributed by atoms with Crippen molar-refractivity contribution in [2.24, 2.45) is 10.7 Å². The molecule has 0 unspecified atom stereocenters. The lowest BCUT2D eigenvalue weighted by Crippen LogP contribution is -2.37. The summed E-state index contributed by atoms with van der Waals surface area (Å²) in [5, 5.41) is 16.1. The van der Waals surface area contributed by atoms with Crippen LogP contribution in [0.2, 0.25) is 0 Å². The second-order valence-electron chi connectivity index (χ2n) is 15.3. The van der Waals surface area contributed by atoms with E-state index in [0.717, 1.165) is 33.4 Å². The second-order valence-corrected chi connectivity index (χ2v) is 15.3. The average molecular weight is 922 g/mol. The van der Waals surface area contributed by atoms with Gasteiger partial charge in [0, 0.05) is 71.2 Å². The SMILES string of the molecule is Cc1noc(C)c1-c1cc(C(=O)NCCCN=C(N)NCCCNC(=O)c2cc(-c3c(C)noc3C)c(C)n(-c3cccc(C(F)(F)F)c3)c2=O)c(=O)n(-c2cccc(C(F)(F)F)c2)c1C. The van der Waals surface area contributed by atoms with E-state index in [0.29, 0.717) is 51.6 Å². The number of hydrogen-bond acceptors (Lipinski definition) is 9. The highest BCUT2D eigenvalue weighted by Crippen LogP contribution is 2.35. The summed E-state index contributed by atoms with van der Waals surface area (Å²) in [6, 6.07) is 11.2. The van der Waals surface area contributed by atoms with Gasteiger partial charge in [0.1, 0.15) is 22.6 Å². The van der Waals surface area contributed by atoms with Gasteiger partial charge < -0.3 is 30.7 Å². The Morgan fingerprint density at radius 1 is 0.636 bits per heavy atom. The van der Waals surface area contributed by atoms with Crippen molar-refractivity contribution in [1.82, 2.24) is 35.4 Å². The summed E-state index contributed by atoms with van der Waals surface area (Å²) in [7, 11) is 0. The number of benzene rings is 2. The summed E-state index contributed by atoms with van der Waals surface area (Å²) in [5.74, 6) is -0.737. The first kappa shape index (κ1) is 48.0. The maximum Gasteiger partial charge on any atom is 0.416 e. The Morgan fingerprint density at radius 2 is 1.05 bits per heavy atom. The molecule has 348 valence electrons. The number of nitrogens with one attached hydrogen (secondary N) is 3. The minimum atomic E-state index is -4.68. The molecule has 66 heavy (non-hydrogen) atoms. The summed E-state index contributed by atoms with van der Waals surface area (Å²) >= 11 is 0. The lowest BCUT2D eigenvalue weighted by molar-refractivity contribution is -0.138. The third-order valence-corrected chi connectivity index (χ3v) is 10.7. The van der Waals surface area contributed by atoms with Crippen LogP contribution in [-0.2, 0) is 12.4 Å². The molecule has 0 saturated heterocycles. The number of amides is 2. The van der Waals surface area contributed by atoms with E-state index in [1.54, 1.807) is 41.5 Å². The molecule has 0 spiro atoms. The summed E-state index contributed by atoms with van der Waals surface area (Å²) in [5.41, 5.74) is 4.69. The van der Waals surface area contributed by atoms with Crippen LogP contribution in [0.3, 0.4) is 0 Å². The number of hydrogen-bond donors (Lipinski definition) is 4. The lowest BCUT2D eigenvalue weighted by Gasteiger charge is -2.18. The van der Waals surface area contributed by atoms with Crippen LogP contribution in [0.25, 0.3) is 33.6 Å². The molecule has 0 aliphatic rings. The number of halogens is 6. The van der Waals surface area contributed by atoms with Gasteiger partial charge in [-0.25, -0.2) is 0 Å². The molecule has 6 aromatic rings. The number of pyridine rings is 2. The predicted molar refractivity (Wildman–Crippen MR) is 232 cm³/mol. The summed E-state index contributed by atoms with van der Waals surface area (Å²) < 4.78 is 94.6. The number of alkyl halides is 6. The van der Waals surface area contributed by atoms with Crippen molar-refractivity contribution >= 4 is 17.8 Å². The number of rotatable bonds is 14. The van der Waals surface area contributed by atoms with E-state index in [2.05, 4.69) is 31.3 Å². The highest BCUT2D eigenvalue weighted by Gasteiger charge is 2.33. The molecule has 0 fully saturated rings. The van der Waals surface area contributed by atoms with Crippen molar-refractivity contribution in [3.63, 3.8) is 0 Å². The molecule has 0 radical (unpaired) electrons. The minimum absolute atomic E-state index is 0.0471. The molecule has 0 aliphatic carbocycles. The standard InChI is InChI=1S/C45H45F6N9O6/c1-23-37(27(5)65-57-23)33-21-35(41(63)59(25(33)3)31-13-7-11-29(19-31)44(46,47)48)39(61)53-15-9-17-55-43(52)56-18-10-16-54-40(62)36-22-34(38-24(2)58-66-28(38)6)26(4)60(42(36)64)32-14-8-12-30(20-32)45(49,50)51/h7-8,11-14,19-22H,9-10,15-18H2,1-6H3,(H,53,61)(H,54,62)(H3,52,55,56). The van der Waals surface area contributed by atoms with Gasteiger partial charge >= 0.3 is 12.4 Å². The maximum atomic E-state index is 13.8. The number of nitrogens with two attached hydrogens (primary N) is 1. The van der Waals surface area contributed by atoms with Gasteiger partial charge in [-0.1, -0.05) is 22.4 Å². The average Bonchev–Trinajstić information content (AvgIpc) is 3.77. The molecule has 0 saturated carbocycles. The zero-order valence-electron chi connectivity index (χ0n) is 36.5. The number of carbonyl (C=O) groups is 2. The molecule has 0 aliphatic heterocycles. The molecule has 2 aromatic carbocycles. The van der Waals surface area contributed by atoms with E-state index in [1.807, 2.05) is 0 Å². The molecular formula is C45H45F6N9O6. The van der Waals surface area contributed by atoms with Crippen molar-refractivity contribution < 1.29 is 45.0 Å². The van der Waals surface area contributed by atoms with Gasteiger partial charge in [0.15, 0.2) is 5.96 Å². The van der Waals surface area contributed by atoms with Crippen LogP contribution in [0.15, 0.2) is 84.3 Å². The normalized spacial score (nSPS) is 12.1. The van der Waals surface area contributed by atoms with E-state index in [4.69, 9.17) is 14.8 Å². The van der Waals surface area contributed by atoms with Crippen LogP contribution in [0.5, 0.6) is 0 Å². The first-order chi connectivity index (χ1) is 31.1. The summed E-state index contributed by atoms with van der Waals surface area (Å²) in [4.78, 5) is 58.7. The van der Waals surface area contributed by atoms with E-state index in [9.17, 15) is 45.5 Å². The van der Waals surface area contributed by atoms with Gasteiger partial charge in [-0.15, -0.1) is 0 Å². The van der Waals surface area contributed by atoms with Crippen molar-refractivity contribution in [3.8, 4) is 33.6 Å². The van der Waals surface area contributed by atoms with Crippen LogP contribution >= 0.6 is 0 Å². The second kappa shape index (κ2) is 19.3. The van der Waals surface area contributed by atoms with E-state index in [1.165, 1.54) is 36.4 Å². The van der Waals surface area contributed by atoms with Crippen LogP contribution in [0.1, 0.15) is 79.0 Å². The largest absolute Gasteiger partial charge is 0.416 e. The predicted octanol–water partition coefficient (Wildman–Crippen LogP) is 7.03. The molecular weight excluding hydrogens is 877 g/mol. The van der Waals surface area contributed by atoms with E-state index >= 15 is 0 Å². The van der Waals surface area contributed by atoms with Crippen LogP contribution in [0.4, 0.5) is 26.3 Å². The van der Waals surface area contributed by atoms with Gasteiger partial charge in [0.2, 0.25) is 0 Å². The van der Waals surface area contributed by atoms with Crippen molar-refractivity contribution in [3.05, 3.63) is 138 Å². The van der Waals surface area contributed by atoms with Gasteiger partial charge in [0.05, 0.1) is 22.5 Å². The van der Waals surface area contributed by atoms with Crippen LogP contribution < -0.4 is 32.8 Å². The quantitative estimate of drug-likeness (QED) is 0.0380. The zero-order valence-corrected chi connectivity index (χ0v) is 36.5. The first-order valence-electron chi connectivity index (χ1n) is 20.4. The van der Waals surface area contributed by atoms with E-state index < -0.39 is 46.4 Å². The molecule has 6 rings (SSSR count). The molecule has 15 nitrogen and oxygen atoms in total. The van der Waals surface area contributed by atoms with Crippen molar-refractivity contribution in [2.45, 2.75) is 66.7 Å². The molecule has 21 heteroatoms. The van der Waals surface area contributed by atoms with Gasteiger partial charge in [-0.2, -0.15) is 26.3 Å². The Bertz CT molecular complexity index is 2920. The lowest BCUT2D eigenvalue weighted by atomic mass is 9.99. The topological polar surface area (TPSA) is 205 Å². The van der Waals surface area contributed by atoms with Gasteiger partial charge in [0.25, 0.3) is 22.9 Å². The molecule has 0 bridgehead atoms. The maximum absolute atomic E-state index is 13.8. The van der Waals surface area contributed by atoms with Crippen molar-refractivity contribution in [1.29, 1.82) is 0 Å². The van der Waals surface area contributed by atoms with Gasteiger partial charge in [-0.3, -0.25) is 33.3 Å². The fraction of sp³-hybridized carbons (Fsp3) is 0.311. The number of nitrogens with zero attached hydrogens (tertiary/aromatic N) is 5. The number of aromatic nitrogens is 4. The summed E-state index contributed by atoms with van der Waals surface area (Å²) in [6.07, 6.45) is -8.77. The molecule has 0 atom stereocenters. The minimum Gasteiger partial charge on any atom is -0.370 e. The molecule has 4 aromatic heterocycles. The Balaban J connectivity index is 1.07. The first-order valence-corrected chi connectivity index (χ1v) is 20.4. The Morgan fingerprint density at radius 3 is 1.44 bits per heavy atom. The Kier molecular flexibility index (Phi) is 14.1. The number of aryl methyl sites for hydroxylation is 4. The Labute approximate surface area is 372 Å². The zero-order chi connectivity index (χ0) is 48.2. The highest BCUT2D eigenvalue weighted by molar-refractivity contribution is 5.96. The summed E-state index contributed by atoms with van der Waals surface area (Å²) in [6.45, 7) is 10.2. The van der Waals surface area contributed by atoms with Gasteiger partial charge in [-0.05, 0) is 103 Å². The molecule has 2 amide bonds. The number of guanidine groups is 1. The van der Waals surface area contributed by atoms with E-state index in [-0.39, 0.29) is 72.4 Å². The monoisotopic (exact) mass is 921 g/mol. The Hall–Kier alpha value is -7.45. The number of carbonyl (C=O) groups excluding carboxylic acids is 2. The smallest absolute Gasteiger partial charge is 0.370 e. The van der Waals surface area contributed by atoms with Crippen molar-refractivity contribution in [2.75, 3.05) is 26.2 Å². The third-order valence-electron chi connectivity index (χ3n) is 10.7. The number of aliphatic imine (C=N–C) groups is 1. The molecule has 5 N–H and O–H groups in total. The van der Waals surface area contributed by atoms with Crippen LogP contribution in [-0.4, -0.2) is 63.4 Å². The van der Waals surface area contributed by atoms with Crippen LogP contribution in [0, 0.1) is 41.5 Å².